The molecular weight excluding hydrogens is 656 g/mol. The Hall–Kier alpha value is -3.12. The average molecular weight is 674 g/mol. The quantitative estimate of drug-likeness (QED) is 0.187. The van der Waals surface area contributed by atoms with Gasteiger partial charge in [0.1, 0.15) is 0 Å². The molecule has 5 rings (SSSR count). The molecule has 1 N–H and O–H groups in total. The van der Waals surface area contributed by atoms with E-state index in [4.69, 9.17) is 67.8 Å². The molecule has 9 nitrogen and oxygen atoms in total. The lowest BCUT2D eigenvalue weighted by Crippen LogP contribution is -2.31. The maximum atomic E-state index is 12.1. The molecule has 1 amide bonds. The highest BCUT2D eigenvalue weighted by Gasteiger charge is 2.33. The number of carboxylic acids is 1. The second-order valence-corrected chi connectivity index (χ2v) is 12.2. The van der Waals surface area contributed by atoms with Crippen molar-refractivity contribution in [2.24, 2.45) is 0 Å². The lowest BCUT2D eigenvalue weighted by molar-refractivity contribution is -0.120. The van der Waals surface area contributed by atoms with Gasteiger partial charge in [0.05, 0.1) is 20.9 Å². The van der Waals surface area contributed by atoms with Gasteiger partial charge in [0, 0.05) is 17.8 Å². The first kappa shape index (κ1) is 30.8. The van der Waals surface area contributed by atoms with Gasteiger partial charge in [-0.2, -0.15) is 0 Å². The van der Waals surface area contributed by atoms with Crippen LogP contribution < -0.4 is 9.64 Å². The van der Waals surface area contributed by atoms with Gasteiger partial charge in [-0.1, -0.05) is 99.7 Å². The maximum absolute atomic E-state index is 12.1. The van der Waals surface area contributed by atoms with E-state index in [-0.39, 0.29) is 29.0 Å². The largest absolute Gasteiger partial charge is 0.475 e. The van der Waals surface area contributed by atoms with E-state index in [0.29, 0.717) is 10.2 Å². The number of para-hydroxylation sites is 2. The molecule has 2 heterocycles. The van der Waals surface area contributed by atoms with E-state index in [0.717, 1.165) is 20.6 Å². The van der Waals surface area contributed by atoms with Gasteiger partial charge < -0.3 is 14.7 Å². The van der Waals surface area contributed by atoms with Gasteiger partial charge in [-0.15, -0.1) is 5.10 Å². The van der Waals surface area contributed by atoms with Crippen LogP contribution in [0.25, 0.3) is 15.9 Å². The molecule has 15 heteroatoms. The van der Waals surface area contributed by atoms with Crippen molar-refractivity contribution in [3.63, 3.8) is 0 Å². The van der Waals surface area contributed by atoms with Crippen LogP contribution in [-0.2, 0) is 8.59 Å². The van der Waals surface area contributed by atoms with Crippen LogP contribution in [0.5, 0.6) is 5.19 Å². The van der Waals surface area contributed by atoms with E-state index in [1.807, 2.05) is 54.6 Å². The molecule has 0 saturated carbocycles. The maximum Gasteiger partial charge on any atom is 0.375 e. The fourth-order valence-electron chi connectivity index (χ4n) is 3.34. The summed E-state index contributed by atoms with van der Waals surface area (Å²) in [7, 11) is 1.74. The van der Waals surface area contributed by atoms with Crippen molar-refractivity contribution >= 4 is 97.1 Å². The lowest BCUT2D eigenvalue weighted by atomic mass is 10.3. The molecule has 0 aliphatic rings. The lowest BCUT2D eigenvalue weighted by Gasteiger charge is -2.16. The van der Waals surface area contributed by atoms with E-state index in [1.165, 1.54) is 29.5 Å². The normalized spacial score (nSPS) is 11.1. The van der Waals surface area contributed by atoms with Crippen molar-refractivity contribution in [1.82, 2.24) is 19.7 Å². The highest BCUT2D eigenvalue weighted by Crippen LogP contribution is 2.39. The Morgan fingerprint density at radius 1 is 1.00 bits per heavy atom. The van der Waals surface area contributed by atoms with Crippen LogP contribution in [0.3, 0.4) is 0 Å². The number of carboxylic acid groups (broad SMARTS) is 1. The van der Waals surface area contributed by atoms with Crippen molar-refractivity contribution < 1.29 is 19.4 Å². The summed E-state index contributed by atoms with van der Waals surface area (Å²) in [5.41, 5.74) is 2.02. The van der Waals surface area contributed by atoms with Gasteiger partial charge in [-0.25, -0.2) is 19.4 Å². The molecule has 0 atom stereocenters. The second-order valence-electron chi connectivity index (χ2n) is 8.09. The number of hydrogen-bond acceptors (Lipinski definition) is 7. The molecular formula is C26H18Cl5N5O4S. The minimum atomic E-state index is -1.97. The molecule has 0 unspecified atom stereocenters. The van der Waals surface area contributed by atoms with Gasteiger partial charge in [0.15, 0.2) is 12.4 Å². The molecule has 0 aliphatic heterocycles. The Labute approximate surface area is 262 Å². The summed E-state index contributed by atoms with van der Waals surface area (Å²) in [4.78, 5) is 32.7. The second kappa shape index (κ2) is 13.2. The first-order valence-electron chi connectivity index (χ1n) is 11.5. The third-order valence-electron chi connectivity index (χ3n) is 5.30. The predicted molar refractivity (Wildman–Crippen MR) is 163 cm³/mol. The number of hydrogen-bond donors (Lipinski definition) is 1. The van der Waals surface area contributed by atoms with Gasteiger partial charge in [-0.05, 0) is 42.5 Å². The van der Waals surface area contributed by atoms with Crippen molar-refractivity contribution in [2.45, 2.75) is 3.79 Å². The monoisotopic (exact) mass is 671 g/mol. The number of anilines is 1. The summed E-state index contributed by atoms with van der Waals surface area (Å²) in [5.74, 6) is -2.17. The Balaban J connectivity index is 0.000000189. The van der Waals surface area contributed by atoms with Crippen LogP contribution in [-0.4, -0.2) is 50.4 Å². The highest BCUT2D eigenvalue weighted by molar-refractivity contribution is 7.20. The Kier molecular flexibility index (Phi) is 9.96. The van der Waals surface area contributed by atoms with E-state index in [1.54, 1.807) is 11.9 Å². The van der Waals surface area contributed by atoms with Crippen molar-refractivity contribution in [2.75, 3.05) is 18.6 Å². The van der Waals surface area contributed by atoms with E-state index < -0.39 is 15.6 Å². The zero-order valence-corrected chi connectivity index (χ0v) is 25.4. The molecule has 5 aromatic rings. The van der Waals surface area contributed by atoms with Crippen molar-refractivity contribution in [3.8, 4) is 10.9 Å². The molecule has 0 spiro atoms. The number of benzene rings is 3. The standard InChI is InChI=1S/C16H14N2O2S.C10H4Cl5N3O2/c1-18(12-7-3-2-4-8-12)15(19)11-20-16-17-13-9-5-6-10-14(13)21-16;11-4-1-2-6(5(12)3-4)18-9(10(13,14)15)16-7(17-18)8(19)20/h2-10H,11H2,1H3;1-3H,(H,19,20). The minimum absolute atomic E-state index is 0.0226. The number of ether oxygens (including phenoxy) is 1. The number of halogens is 5. The number of carbonyl (C=O) groups excluding carboxylic acids is 1. The minimum Gasteiger partial charge on any atom is -0.475 e. The van der Waals surface area contributed by atoms with Gasteiger partial charge >= 0.3 is 5.97 Å². The number of carbonyl (C=O) groups is 2. The van der Waals surface area contributed by atoms with Crippen LogP contribution in [0.4, 0.5) is 5.69 Å². The summed E-state index contributed by atoms with van der Waals surface area (Å²) in [6.45, 7) is -0.0226. The number of amides is 1. The number of nitrogens with zero attached hydrogens (tertiary/aromatic N) is 5. The van der Waals surface area contributed by atoms with Crippen LogP contribution in [0.15, 0.2) is 72.8 Å². The number of aromatic carboxylic acids is 1. The summed E-state index contributed by atoms with van der Waals surface area (Å²) in [6.07, 6.45) is 0. The van der Waals surface area contributed by atoms with Crippen LogP contribution in [0, 0.1) is 0 Å². The number of likely N-dealkylation sites (N-methyl/N-ethyl adjacent to an activating group) is 1. The summed E-state index contributed by atoms with van der Waals surface area (Å²) < 4.78 is 5.65. The number of thiazole rings is 1. The molecule has 212 valence electrons. The first-order valence-corrected chi connectivity index (χ1v) is 14.2. The Morgan fingerprint density at radius 2 is 1.68 bits per heavy atom. The fraction of sp³-hybridized carbons (Fsp3) is 0.115. The van der Waals surface area contributed by atoms with Crippen molar-refractivity contribution in [1.29, 1.82) is 0 Å². The number of fused-ring (bicyclic) bond motifs is 1. The molecule has 2 aromatic heterocycles. The third-order valence-corrected chi connectivity index (χ3v) is 7.29. The molecule has 0 fully saturated rings. The average Bonchev–Trinajstić information content (AvgIpc) is 3.57. The number of alkyl halides is 3. The van der Waals surface area contributed by atoms with E-state index in [9.17, 15) is 9.59 Å². The molecule has 0 radical (unpaired) electrons. The van der Waals surface area contributed by atoms with Crippen LogP contribution in [0.2, 0.25) is 10.0 Å². The summed E-state index contributed by atoms with van der Waals surface area (Å²) in [6, 6.07) is 21.8. The van der Waals surface area contributed by atoms with E-state index >= 15 is 0 Å². The fourth-order valence-corrected chi connectivity index (χ4v) is 5.01. The SMILES string of the molecule is CN(C(=O)COc1nc2ccccc2s1)c1ccccc1.O=C(O)c1nc(C(Cl)(Cl)Cl)n(-c2ccc(Cl)cc2Cl)n1. The predicted octanol–water partition coefficient (Wildman–Crippen LogP) is 7.44. The van der Waals surface area contributed by atoms with Crippen LogP contribution >= 0.6 is 69.3 Å². The zero-order chi connectivity index (χ0) is 29.7. The number of aromatic nitrogens is 4. The summed E-state index contributed by atoms with van der Waals surface area (Å²) >= 11 is 30.5. The van der Waals surface area contributed by atoms with Gasteiger partial charge in [0.25, 0.3) is 16.9 Å². The zero-order valence-electron chi connectivity index (χ0n) is 20.8. The highest BCUT2D eigenvalue weighted by atomic mass is 35.6. The molecule has 0 saturated heterocycles. The Morgan fingerprint density at radius 3 is 2.32 bits per heavy atom. The summed E-state index contributed by atoms with van der Waals surface area (Å²) in [5, 5.41) is 13.8. The van der Waals surface area contributed by atoms with Crippen LogP contribution in [0.1, 0.15) is 16.4 Å². The van der Waals surface area contributed by atoms with Gasteiger partial charge in [-0.3, -0.25) is 4.79 Å². The topological polar surface area (TPSA) is 110 Å². The third kappa shape index (κ3) is 7.79. The van der Waals surface area contributed by atoms with E-state index in [2.05, 4.69) is 15.1 Å². The molecule has 3 aromatic carbocycles. The number of rotatable bonds is 6. The molecule has 0 bridgehead atoms. The van der Waals surface area contributed by atoms with Gasteiger partial charge in [0.2, 0.25) is 3.79 Å². The molecule has 41 heavy (non-hydrogen) atoms. The van der Waals surface area contributed by atoms with Crippen molar-refractivity contribution in [3.05, 3.63) is 94.5 Å². The Bertz CT molecular complexity index is 1660. The smallest absolute Gasteiger partial charge is 0.375 e. The molecule has 0 aliphatic carbocycles. The first-order chi connectivity index (χ1) is 19.4.